The van der Waals surface area contributed by atoms with Gasteiger partial charge in [0.15, 0.2) is 0 Å². The molecule has 0 bridgehead atoms. The molecule has 0 aromatic heterocycles. The van der Waals surface area contributed by atoms with Gasteiger partial charge in [0.2, 0.25) is 0 Å². The van der Waals surface area contributed by atoms with Gasteiger partial charge in [0.25, 0.3) is 0 Å². The highest BCUT2D eigenvalue weighted by Crippen LogP contribution is 2.39. The first kappa shape index (κ1) is 21.2. The number of hydrogen-bond acceptors (Lipinski definition) is 2. The molecule has 27 heavy (non-hydrogen) atoms. The summed E-state index contributed by atoms with van der Waals surface area (Å²) in [6.45, 7) is 6.57. The summed E-state index contributed by atoms with van der Waals surface area (Å²) in [5, 5.41) is 0. The lowest BCUT2D eigenvalue weighted by Crippen LogP contribution is -2.21. The van der Waals surface area contributed by atoms with Gasteiger partial charge in [0.1, 0.15) is 28.9 Å². The molecule has 0 radical (unpaired) electrons. The smallest absolute Gasteiger partial charge is 0.420 e. The topological polar surface area (TPSA) is 38.7 Å². The van der Waals surface area contributed by atoms with Crippen LogP contribution < -0.4 is 4.74 Å². The fraction of sp³-hybridized carbons (Fsp3) is 0.350. The number of alkyl halides is 3. The van der Waals surface area contributed by atoms with E-state index in [1.54, 1.807) is 45.0 Å². The fourth-order valence-electron chi connectivity index (χ4n) is 2.29. The van der Waals surface area contributed by atoms with Gasteiger partial charge < -0.3 is 4.74 Å². The fourth-order valence-corrected chi connectivity index (χ4v) is 2.91. The second-order valence-electron chi connectivity index (χ2n) is 6.99. The monoisotopic (exact) mass is 397 g/mol. The SMILES string of the molecule is CC(=NS(=O)C(C)(C)C)c1cccc(OCc2ccccc2)c1C(F)(F)F. The van der Waals surface area contributed by atoms with Gasteiger partial charge in [0.05, 0.1) is 10.5 Å². The van der Waals surface area contributed by atoms with Gasteiger partial charge in [-0.1, -0.05) is 42.5 Å². The van der Waals surface area contributed by atoms with Crippen molar-refractivity contribution < 1.29 is 22.1 Å². The number of hydrogen-bond donors (Lipinski definition) is 0. The van der Waals surface area contributed by atoms with Crippen LogP contribution in [0.1, 0.15) is 44.4 Å². The highest BCUT2D eigenvalue weighted by molar-refractivity contribution is 7.85. The van der Waals surface area contributed by atoms with E-state index in [1.807, 2.05) is 6.07 Å². The molecule has 0 saturated heterocycles. The number of benzene rings is 2. The predicted octanol–water partition coefficient (Wildman–Crippen LogP) is 5.56. The van der Waals surface area contributed by atoms with E-state index in [4.69, 9.17) is 4.74 Å². The first-order valence-electron chi connectivity index (χ1n) is 8.34. The first-order chi connectivity index (χ1) is 12.5. The third-order valence-corrected chi connectivity index (χ3v) is 5.17. The van der Waals surface area contributed by atoms with E-state index < -0.39 is 27.5 Å². The van der Waals surface area contributed by atoms with E-state index in [1.165, 1.54) is 25.1 Å². The minimum atomic E-state index is -4.64. The number of halogens is 3. The van der Waals surface area contributed by atoms with Crippen LogP contribution in [0.3, 0.4) is 0 Å². The summed E-state index contributed by atoms with van der Waals surface area (Å²) in [5.74, 6) is -0.278. The van der Waals surface area contributed by atoms with Crippen LogP contribution in [-0.2, 0) is 23.8 Å². The molecule has 0 fully saturated rings. The number of nitrogens with zero attached hydrogens (tertiary/aromatic N) is 1. The normalized spacial score (nSPS) is 14.1. The maximum atomic E-state index is 13.8. The highest BCUT2D eigenvalue weighted by atomic mass is 32.2. The lowest BCUT2D eigenvalue weighted by molar-refractivity contribution is -0.139. The Morgan fingerprint density at radius 1 is 1.04 bits per heavy atom. The van der Waals surface area contributed by atoms with Gasteiger partial charge in [-0.05, 0) is 39.3 Å². The zero-order valence-corrected chi connectivity index (χ0v) is 16.4. The molecule has 1 unspecified atom stereocenters. The third kappa shape index (κ3) is 5.66. The van der Waals surface area contributed by atoms with Crippen molar-refractivity contribution in [1.29, 1.82) is 0 Å². The molecule has 7 heteroatoms. The van der Waals surface area contributed by atoms with Crippen molar-refractivity contribution in [3.63, 3.8) is 0 Å². The Morgan fingerprint density at radius 2 is 1.67 bits per heavy atom. The molecule has 0 spiro atoms. The van der Waals surface area contributed by atoms with Gasteiger partial charge in [-0.3, -0.25) is 0 Å². The average Bonchev–Trinajstić information content (AvgIpc) is 2.58. The Hall–Kier alpha value is -2.15. The molecule has 2 rings (SSSR count). The Bertz CT molecular complexity index is 841. The molecule has 0 saturated carbocycles. The summed E-state index contributed by atoms with van der Waals surface area (Å²) in [7, 11) is -1.66. The van der Waals surface area contributed by atoms with E-state index in [0.717, 1.165) is 5.56 Å². The molecule has 0 aliphatic rings. The predicted molar refractivity (Wildman–Crippen MR) is 102 cm³/mol. The van der Waals surface area contributed by atoms with E-state index in [-0.39, 0.29) is 23.6 Å². The van der Waals surface area contributed by atoms with Crippen LogP contribution in [0.4, 0.5) is 13.2 Å². The summed E-state index contributed by atoms with van der Waals surface area (Å²) in [5.41, 5.74) is -0.227. The van der Waals surface area contributed by atoms with Crippen LogP contribution in [0.2, 0.25) is 0 Å². The van der Waals surface area contributed by atoms with Crippen molar-refractivity contribution in [1.82, 2.24) is 0 Å². The third-order valence-electron chi connectivity index (χ3n) is 3.68. The second kappa shape index (κ2) is 8.25. The van der Waals surface area contributed by atoms with Crippen molar-refractivity contribution in [2.75, 3.05) is 0 Å². The summed E-state index contributed by atoms with van der Waals surface area (Å²) >= 11 is 0. The molecule has 0 aliphatic heterocycles. The van der Waals surface area contributed by atoms with Crippen LogP contribution in [-0.4, -0.2) is 14.7 Å². The summed E-state index contributed by atoms with van der Waals surface area (Å²) < 4.78 is 62.3. The zero-order valence-electron chi connectivity index (χ0n) is 15.6. The first-order valence-corrected chi connectivity index (χ1v) is 9.45. The number of rotatable bonds is 5. The molecule has 0 heterocycles. The van der Waals surface area contributed by atoms with Gasteiger partial charge in [-0.2, -0.15) is 17.6 Å². The minimum Gasteiger partial charge on any atom is -0.488 e. The van der Waals surface area contributed by atoms with Crippen LogP contribution in [0.15, 0.2) is 52.9 Å². The molecule has 0 aliphatic carbocycles. The van der Waals surface area contributed by atoms with E-state index in [9.17, 15) is 17.4 Å². The maximum absolute atomic E-state index is 13.8. The van der Waals surface area contributed by atoms with Gasteiger partial charge >= 0.3 is 6.18 Å². The van der Waals surface area contributed by atoms with Crippen molar-refractivity contribution >= 4 is 16.7 Å². The summed E-state index contributed by atoms with van der Waals surface area (Å²) in [4.78, 5) is 0. The Morgan fingerprint density at radius 3 is 2.22 bits per heavy atom. The molecule has 2 aromatic carbocycles. The van der Waals surface area contributed by atoms with Crippen molar-refractivity contribution in [3.05, 3.63) is 65.2 Å². The lowest BCUT2D eigenvalue weighted by Gasteiger charge is -2.19. The molecule has 0 amide bonds. The van der Waals surface area contributed by atoms with Crippen LogP contribution in [0, 0.1) is 0 Å². The molecule has 1 atom stereocenters. The van der Waals surface area contributed by atoms with Crippen molar-refractivity contribution in [3.8, 4) is 5.75 Å². The Kier molecular flexibility index (Phi) is 6.46. The molecule has 0 N–H and O–H groups in total. The second-order valence-corrected chi connectivity index (χ2v) is 8.89. The van der Waals surface area contributed by atoms with Gasteiger partial charge in [0, 0.05) is 5.56 Å². The van der Waals surface area contributed by atoms with Crippen molar-refractivity contribution in [2.45, 2.75) is 45.2 Å². The van der Waals surface area contributed by atoms with Crippen LogP contribution in [0.25, 0.3) is 0 Å². The number of ether oxygens (including phenoxy) is 1. The van der Waals surface area contributed by atoms with E-state index in [2.05, 4.69) is 4.40 Å². The molecular weight excluding hydrogens is 375 g/mol. The van der Waals surface area contributed by atoms with E-state index >= 15 is 0 Å². The zero-order chi connectivity index (χ0) is 20.2. The molecular formula is C20H22F3NO2S. The Labute approximate surface area is 159 Å². The Balaban J connectivity index is 2.44. The summed E-state index contributed by atoms with van der Waals surface area (Å²) in [6.07, 6.45) is -4.64. The largest absolute Gasteiger partial charge is 0.488 e. The van der Waals surface area contributed by atoms with Crippen LogP contribution >= 0.6 is 0 Å². The summed E-state index contributed by atoms with van der Waals surface area (Å²) in [6, 6.07) is 13.0. The molecule has 3 nitrogen and oxygen atoms in total. The molecule has 146 valence electrons. The lowest BCUT2D eigenvalue weighted by atomic mass is 10.0. The minimum absolute atomic E-state index is 0.0114. The van der Waals surface area contributed by atoms with Crippen LogP contribution in [0.5, 0.6) is 5.75 Å². The van der Waals surface area contributed by atoms with Gasteiger partial charge in [-0.25, -0.2) is 4.21 Å². The van der Waals surface area contributed by atoms with Gasteiger partial charge in [-0.15, -0.1) is 0 Å². The quantitative estimate of drug-likeness (QED) is 0.620. The van der Waals surface area contributed by atoms with Crippen molar-refractivity contribution in [2.24, 2.45) is 4.40 Å². The molecule has 2 aromatic rings. The van der Waals surface area contributed by atoms with E-state index in [0.29, 0.717) is 0 Å². The standard InChI is InChI=1S/C20H22F3NO2S/c1-14(24-27(25)19(2,3)4)16-11-8-12-17(18(16)20(21,22)23)26-13-15-9-6-5-7-10-15/h5-12H,13H2,1-4H3. The maximum Gasteiger partial charge on any atom is 0.420 e. The average molecular weight is 397 g/mol. The highest BCUT2D eigenvalue weighted by Gasteiger charge is 2.38.